The third-order valence-corrected chi connectivity index (χ3v) is 4.82. The van der Waals surface area contributed by atoms with E-state index in [0.29, 0.717) is 30.3 Å². The number of carbonyl (C=O) groups excluding carboxylic acids is 2. The number of aryl methyl sites for hydroxylation is 1. The first-order valence-corrected chi connectivity index (χ1v) is 10.7. The number of benzene rings is 2. The highest BCUT2D eigenvalue weighted by Crippen LogP contribution is 2.23. The molecule has 1 aromatic heterocycles. The first kappa shape index (κ1) is 23.6. The van der Waals surface area contributed by atoms with Crippen LogP contribution in [0, 0.1) is 0 Å². The van der Waals surface area contributed by atoms with Crippen LogP contribution in [0.3, 0.4) is 0 Å². The first-order valence-electron chi connectivity index (χ1n) is 10.7. The molecule has 2 aromatic carbocycles. The monoisotopic (exact) mass is 448 g/mol. The maximum atomic E-state index is 12.5. The molecule has 0 saturated carbocycles. The molecule has 2 amide bonds. The van der Waals surface area contributed by atoms with E-state index in [1.165, 1.54) is 17.0 Å². The number of methoxy groups -OCH3 is 1. The van der Waals surface area contributed by atoms with Crippen molar-refractivity contribution in [2.75, 3.05) is 19.0 Å². The molecule has 33 heavy (non-hydrogen) atoms. The van der Waals surface area contributed by atoms with Crippen LogP contribution < -0.4 is 20.1 Å². The van der Waals surface area contributed by atoms with E-state index in [2.05, 4.69) is 15.7 Å². The molecule has 3 rings (SSSR count). The molecule has 2 N–H and O–H groups in total. The first-order chi connectivity index (χ1) is 16.0. The quantitative estimate of drug-likeness (QED) is 0.460. The second kappa shape index (κ2) is 11.5. The van der Waals surface area contributed by atoms with Crippen molar-refractivity contribution in [2.24, 2.45) is 7.05 Å². The van der Waals surface area contributed by atoms with Gasteiger partial charge in [0.2, 0.25) is 5.91 Å². The Labute approximate surface area is 193 Å². The second-order valence-corrected chi connectivity index (χ2v) is 7.28. The van der Waals surface area contributed by atoms with Crippen molar-refractivity contribution < 1.29 is 19.1 Å². The molecule has 0 aliphatic rings. The highest BCUT2D eigenvalue weighted by atomic mass is 16.5. The summed E-state index contributed by atoms with van der Waals surface area (Å²) in [4.78, 5) is 24.9. The number of ether oxygens (including phenoxy) is 2. The molecule has 0 bridgehead atoms. The van der Waals surface area contributed by atoms with Crippen LogP contribution in [0.25, 0.3) is 6.08 Å². The van der Waals surface area contributed by atoms with Crippen LogP contribution in [0.5, 0.6) is 11.5 Å². The van der Waals surface area contributed by atoms with Crippen LogP contribution in [0.1, 0.15) is 35.0 Å². The van der Waals surface area contributed by atoms with E-state index in [1.807, 2.05) is 55.5 Å². The van der Waals surface area contributed by atoms with Crippen LogP contribution in [-0.4, -0.2) is 35.2 Å². The lowest BCUT2D eigenvalue weighted by atomic mass is 10.1. The Hall–Kier alpha value is -4.07. The topological polar surface area (TPSA) is 94.5 Å². The molecule has 3 aromatic rings. The van der Waals surface area contributed by atoms with Crippen molar-refractivity contribution in [2.45, 2.75) is 20.0 Å². The fourth-order valence-corrected chi connectivity index (χ4v) is 3.16. The summed E-state index contributed by atoms with van der Waals surface area (Å²) in [6.07, 6.45) is 5.37. The number of hydrogen-bond acceptors (Lipinski definition) is 5. The number of nitrogens with one attached hydrogen (secondary N) is 2. The third kappa shape index (κ3) is 6.46. The number of hydrogen-bond donors (Lipinski definition) is 2. The third-order valence-electron chi connectivity index (χ3n) is 4.82. The normalized spacial score (nSPS) is 10.8. The SMILES string of the molecule is CCCNC(=O)c1c(NC(=O)/C=C/c2ccc(OC)c(COc3ccccc3)c2)cnn1C. The van der Waals surface area contributed by atoms with Crippen LogP contribution >= 0.6 is 0 Å². The number of rotatable bonds is 10. The van der Waals surface area contributed by atoms with Gasteiger partial charge in [-0.1, -0.05) is 31.2 Å². The summed E-state index contributed by atoms with van der Waals surface area (Å²) < 4.78 is 12.7. The molecule has 0 radical (unpaired) electrons. The lowest BCUT2D eigenvalue weighted by Gasteiger charge is -2.11. The van der Waals surface area contributed by atoms with Crippen molar-refractivity contribution in [3.8, 4) is 11.5 Å². The van der Waals surface area contributed by atoms with E-state index in [1.54, 1.807) is 20.2 Å². The minimum atomic E-state index is -0.370. The summed E-state index contributed by atoms with van der Waals surface area (Å²) >= 11 is 0. The Kier molecular flexibility index (Phi) is 8.24. The van der Waals surface area contributed by atoms with Gasteiger partial charge in [0.1, 0.15) is 23.8 Å². The second-order valence-electron chi connectivity index (χ2n) is 7.28. The fraction of sp³-hybridized carbons (Fsp3) is 0.240. The van der Waals surface area contributed by atoms with Crippen LogP contribution in [0.4, 0.5) is 5.69 Å². The van der Waals surface area contributed by atoms with Crippen molar-refractivity contribution in [1.29, 1.82) is 0 Å². The summed E-state index contributed by atoms with van der Waals surface area (Å²) in [5, 5.41) is 9.60. The highest BCUT2D eigenvalue weighted by Gasteiger charge is 2.17. The van der Waals surface area contributed by atoms with Crippen LogP contribution in [-0.2, 0) is 18.4 Å². The molecule has 0 aliphatic carbocycles. The van der Waals surface area contributed by atoms with Crippen molar-refractivity contribution in [1.82, 2.24) is 15.1 Å². The van der Waals surface area contributed by atoms with Gasteiger partial charge >= 0.3 is 0 Å². The van der Waals surface area contributed by atoms with Gasteiger partial charge in [-0.05, 0) is 42.3 Å². The van der Waals surface area contributed by atoms with Gasteiger partial charge in [0.25, 0.3) is 5.91 Å². The maximum Gasteiger partial charge on any atom is 0.271 e. The van der Waals surface area contributed by atoms with Gasteiger partial charge < -0.3 is 20.1 Å². The Morgan fingerprint density at radius 3 is 2.67 bits per heavy atom. The van der Waals surface area contributed by atoms with E-state index in [0.717, 1.165) is 23.3 Å². The lowest BCUT2D eigenvalue weighted by Crippen LogP contribution is -2.27. The smallest absolute Gasteiger partial charge is 0.271 e. The molecule has 172 valence electrons. The number of anilines is 1. The number of nitrogens with zero attached hydrogens (tertiary/aromatic N) is 2. The minimum Gasteiger partial charge on any atom is -0.496 e. The predicted octanol–water partition coefficient (Wildman–Crippen LogP) is 3.80. The minimum absolute atomic E-state index is 0.283. The van der Waals surface area contributed by atoms with Gasteiger partial charge in [-0.25, -0.2) is 0 Å². The van der Waals surface area contributed by atoms with Crippen LogP contribution in [0.15, 0.2) is 60.8 Å². The zero-order chi connectivity index (χ0) is 23.6. The molecular weight excluding hydrogens is 420 g/mol. The predicted molar refractivity (Wildman–Crippen MR) is 127 cm³/mol. The molecular formula is C25H28N4O4. The van der Waals surface area contributed by atoms with E-state index >= 15 is 0 Å². The van der Waals surface area contributed by atoms with Gasteiger partial charge in [0, 0.05) is 25.2 Å². The summed E-state index contributed by atoms with van der Waals surface area (Å²) in [6.45, 7) is 2.84. The largest absolute Gasteiger partial charge is 0.496 e. The molecule has 1 heterocycles. The molecule has 0 spiro atoms. The molecule has 0 unspecified atom stereocenters. The summed E-state index contributed by atoms with van der Waals surface area (Å²) in [5.41, 5.74) is 2.32. The summed E-state index contributed by atoms with van der Waals surface area (Å²) in [7, 11) is 3.26. The standard InChI is InChI=1S/C25H28N4O4/c1-4-14-26-25(31)24-21(16-27-29(24)2)28-23(30)13-11-18-10-12-22(32-3)19(15-18)17-33-20-8-6-5-7-9-20/h5-13,15-16H,4,14,17H2,1-3H3,(H,26,31)(H,28,30)/b13-11+. The maximum absolute atomic E-state index is 12.5. The van der Waals surface area contributed by atoms with Gasteiger partial charge in [-0.3, -0.25) is 14.3 Å². The average molecular weight is 449 g/mol. The van der Waals surface area contributed by atoms with E-state index in [4.69, 9.17) is 9.47 Å². The molecule has 0 aliphatic heterocycles. The lowest BCUT2D eigenvalue weighted by molar-refractivity contribution is -0.111. The van der Waals surface area contributed by atoms with Crippen molar-refractivity contribution >= 4 is 23.6 Å². The van der Waals surface area contributed by atoms with Gasteiger partial charge in [-0.2, -0.15) is 5.10 Å². The van der Waals surface area contributed by atoms with E-state index < -0.39 is 0 Å². The summed E-state index contributed by atoms with van der Waals surface area (Å²) in [5.74, 6) is 0.806. The number of amides is 2. The zero-order valence-electron chi connectivity index (χ0n) is 19.0. The summed E-state index contributed by atoms with van der Waals surface area (Å²) in [6, 6.07) is 15.1. The van der Waals surface area contributed by atoms with Crippen molar-refractivity contribution in [3.05, 3.63) is 77.6 Å². The Bertz CT molecular complexity index is 1120. The molecule has 0 fully saturated rings. The van der Waals surface area contributed by atoms with Gasteiger partial charge in [0.05, 0.1) is 19.0 Å². The Balaban J connectivity index is 1.68. The van der Waals surface area contributed by atoms with Crippen molar-refractivity contribution in [3.63, 3.8) is 0 Å². The Morgan fingerprint density at radius 1 is 1.15 bits per heavy atom. The van der Waals surface area contributed by atoms with Gasteiger partial charge in [-0.15, -0.1) is 0 Å². The molecule has 8 heteroatoms. The van der Waals surface area contributed by atoms with Crippen LogP contribution in [0.2, 0.25) is 0 Å². The van der Waals surface area contributed by atoms with Gasteiger partial charge in [0.15, 0.2) is 0 Å². The molecule has 8 nitrogen and oxygen atoms in total. The average Bonchev–Trinajstić information content (AvgIpc) is 3.20. The molecule has 0 saturated heterocycles. The van der Waals surface area contributed by atoms with E-state index in [9.17, 15) is 9.59 Å². The molecule has 0 atom stereocenters. The fourth-order valence-electron chi connectivity index (χ4n) is 3.16. The van der Waals surface area contributed by atoms with E-state index in [-0.39, 0.29) is 11.8 Å². The zero-order valence-corrected chi connectivity index (χ0v) is 19.0. The highest BCUT2D eigenvalue weighted by molar-refractivity contribution is 6.06. The number of para-hydroxylation sites is 1. The Morgan fingerprint density at radius 2 is 1.94 bits per heavy atom. The number of aromatic nitrogens is 2. The number of carbonyl (C=O) groups is 2.